The van der Waals surface area contributed by atoms with Gasteiger partial charge in [0.2, 0.25) is 0 Å². The van der Waals surface area contributed by atoms with Crippen LogP contribution in [0.25, 0.3) is 0 Å². The molecular weight excluding hydrogens is 214 g/mol. The SMILES string of the molecule is CCC(NC(=O)c1ccc(=O)[nH]n1)C(=O)O. The lowest BCUT2D eigenvalue weighted by Gasteiger charge is -2.11. The van der Waals surface area contributed by atoms with Crippen molar-refractivity contribution in [3.05, 3.63) is 28.2 Å². The number of nitrogens with one attached hydrogen (secondary N) is 2. The summed E-state index contributed by atoms with van der Waals surface area (Å²) < 4.78 is 0. The lowest BCUT2D eigenvalue weighted by molar-refractivity contribution is -0.139. The number of aliphatic carboxylic acids is 1. The summed E-state index contributed by atoms with van der Waals surface area (Å²) in [5.74, 6) is -1.74. The molecule has 0 aliphatic carbocycles. The first-order valence-electron chi connectivity index (χ1n) is 4.64. The predicted molar refractivity (Wildman–Crippen MR) is 54.0 cm³/mol. The minimum absolute atomic E-state index is 0.0284. The Kier molecular flexibility index (Phi) is 3.76. The Bertz CT molecular complexity index is 434. The van der Waals surface area contributed by atoms with Gasteiger partial charge in [0.15, 0.2) is 0 Å². The topological polar surface area (TPSA) is 112 Å². The molecule has 0 bridgehead atoms. The van der Waals surface area contributed by atoms with Crippen molar-refractivity contribution in [2.45, 2.75) is 19.4 Å². The van der Waals surface area contributed by atoms with Gasteiger partial charge < -0.3 is 10.4 Å². The molecule has 16 heavy (non-hydrogen) atoms. The average Bonchev–Trinajstić information content (AvgIpc) is 2.26. The highest BCUT2D eigenvalue weighted by molar-refractivity contribution is 5.94. The van der Waals surface area contributed by atoms with E-state index in [2.05, 4.69) is 15.5 Å². The van der Waals surface area contributed by atoms with Crippen LogP contribution in [-0.4, -0.2) is 33.2 Å². The predicted octanol–water partition coefficient (Wildman–Crippen LogP) is -0.637. The lowest BCUT2D eigenvalue weighted by Crippen LogP contribution is -2.40. The number of carbonyl (C=O) groups excluding carboxylic acids is 1. The van der Waals surface area contributed by atoms with Gasteiger partial charge in [0.25, 0.3) is 11.5 Å². The molecule has 7 nitrogen and oxygen atoms in total. The summed E-state index contributed by atoms with van der Waals surface area (Å²) in [5.41, 5.74) is -0.457. The van der Waals surface area contributed by atoms with Crippen molar-refractivity contribution >= 4 is 11.9 Å². The van der Waals surface area contributed by atoms with Crippen molar-refractivity contribution in [3.8, 4) is 0 Å². The molecule has 1 atom stereocenters. The third-order valence-corrected chi connectivity index (χ3v) is 1.92. The van der Waals surface area contributed by atoms with Crippen LogP contribution < -0.4 is 10.9 Å². The van der Waals surface area contributed by atoms with Crippen LogP contribution in [0, 0.1) is 0 Å². The highest BCUT2D eigenvalue weighted by Crippen LogP contribution is 1.95. The normalized spacial score (nSPS) is 11.8. The molecule has 1 unspecified atom stereocenters. The van der Waals surface area contributed by atoms with Gasteiger partial charge in [-0.15, -0.1) is 0 Å². The molecule has 1 amide bonds. The van der Waals surface area contributed by atoms with Crippen molar-refractivity contribution in [2.24, 2.45) is 0 Å². The maximum absolute atomic E-state index is 11.5. The summed E-state index contributed by atoms with van der Waals surface area (Å²) in [7, 11) is 0. The zero-order valence-electron chi connectivity index (χ0n) is 8.56. The van der Waals surface area contributed by atoms with Crippen LogP contribution in [-0.2, 0) is 4.79 Å². The van der Waals surface area contributed by atoms with Crippen molar-refractivity contribution < 1.29 is 14.7 Å². The van der Waals surface area contributed by atoms with Gasteiger partial charge >= 0.3 is 5.97 Å². The van der Waals surface area contributed by atoms with Crippen LogP contribution in [0.3, 0.4) is 0 Å². The number of aromatic amines is 1. The maximum Gasteiger partial charge on any atom is 0.326 e. The number of aromatic nitrogens is 2. The first-order chi connectivity index (χ1) is 7.54. The van der Waals surface area contributed by atoms with Crippen molar-refractivity contribution in [2.75, 3.05) is 0 Å². The zero-order valence-corrected chi connectivity index (χ0v) is 8.56. The summed E-state index contributed by atoms with van der Waals surface area (Å²) in [6.07, 6.45) is 0.268. The molecule has 0 aliphatic heterocycles. The zero-order chi connectivity index (χ0) is 12.1. The second kappa shape index (κ2) is 5.06. The van der Waals surface area contributed by atoms with Gasteiger partial charge in [-0.1, -0.05) is 6.92 Å². The number of amides is 1. The molecule has 0 fully saturated rings. The van der Waals surface area contributed by atoms with Crippen molar-refractivity contribution in [3.63, 3.8) is 0 Å². The van der Waals surface area contributed by atoms with Crippen LogP contribution in [0.1, 0.15) is 23.8 Å². The first-order valence-corrected chi connectivity index (χ1v) is 4.64. The number of hydrogen-bond acceptors (Lipinski definition) is 4. The van der Waals surface area contributed by atoms with Gasteiger partial charge in [0.05, 0.1) is 0 Å². The fourth-order valence-electron chi connectivity index (χ4n) is 1.04. The van der Waals surface area contributed by atoms with Gasteiger partial charge in [0, 0.05) is 6.07 Å². The molecule has 0 saturated heterocycles. The molecule has 1 rings (SSSR count). The molecule has 3 N–H and O–H groups in total. The highest BCUT2D eigenvalue weighted by Gasteiger charge is 2.19. The fourth-order valence-corrected chi connectivity index (χ4v) is 1.04. The number of carboxylic acid groups (broad SMARTS) is 1. The van der Waals surface area contributed by atoms with Gasteiger partial charge in [-0.3, -0.25) is 9.59 Å². The molecule has 0 aliphatic rings. The molecule has 0 aromatic carbocycles. The van der Waals surface area contributed by atoms with E-state index in [1.807, 2.05) is 0 Å². The van der Waals surface area contributed by atoms with Crippen molar-refractivity contribution in [1.82, 2.24) is 15.5 Å². The number of nitrogens with zero attached hydrogens (tertiary/aromatic N) is 1. The molecule has 1 aromatic rings. The van der Waals surface area contributed by atoms with Gasteiger partial charge in [0.1, 0.15) is 11.7 Å². The van der Waals surface area contributed by atoms with Crippen LogP contribution in [0.4, 0.5) is 0 Å². The summed E-state index contributed by atoms with van der Waals surface area (Å²) in [6.45, 7) is 1.64. The van der Waals surface area contributed by atoms with E-state index in [-0.39, 0.29) is 12.1 Å². The number of carbonyl (C=O) groups is 2. The van der Waals surface area contributed by atoms with Crippen LogP contribution in [0.5, 0.6) is 0 Å². The molecule has 86 valence electrons. The third-order valence-electron chi connectivity index (χ3n) is 1.92. The van der Waals surface area contributed by atoms with Gasteiger partial charge in [-0.2, -0.15) is 5.10 Å². The molecule has 0 radical (unpaired) electrons. The summed E-state index contributed by atoms with van der Waals surface area (Å²) >= 11 is 0. The van der Waals surface area contributed by atoms with Gasteiger partial charge in [-0.25, -0.2) is 9.89 Å². The number of H-pyrrole nitrogens is 1. The minimum atomic E-state index is -1.11. The Morgan fingerprint density at radius 2 is 2.25 bits per heavy atom. The van der Waals surface area contributed by atoms with Crippen molar-refractivity contribution in [1.29, 1.82) is 0 Å². The van der Waals surface area contributed by atoms with Gasteiger partial charge in [-0.05, 0) is 12.5 Å². The van der Waals surface area contributed by atoms with E-state index >= 15 is 0 Å². The Labute approximate surface area is 90.5 Å². The number of carboxylic acids is 1. The average molecular weight is 225 g/mol. The third kappa shape index (κ3) is 2.91. The molecule has 1 aromatic heterocycles. The Hall–Kier alpha value is -2.18. The molecule has 0 spiro atoms. The second-order valence-corrected chi connectivity index (χ2v) is 3.08. The molecular formula is C9H11N3O4. The van der Waals surface area contributed by atoms with E-state index in [9.17, 15) is 14.4 Å². The minimum Gasteiger partial charge on any atom is -0.480 e. The lowest BCUT2D eigenvalue weighted by atomic mass is 10.2. The summed E-state index contributed by atoms with van der Waals surface area (Å²) in [5, 5.41) is 16.6. The van der Waals surface area contributed by atoms with E-state index in [1.54, 1.807) is 6.92 Å². The van der Waals surface area contributed by atoms with E-state index in [0.717, 1.165) is 6.07 Å². The van der Waals surface area contributed by atoms with E-state index in [4.69, 9.17) is 5.11 Å². The molecule has 1 heterocycles. The summed E-state index contributed by atoms with van der Waals surface area (Å²) in [6, 6.07) is 1.41. The largest absolute Gasteiger partial charge is 0.480 e. The molecule has 0 saturated carbocycles. The Morgan fingerprint density at radius 1 is 1.56 bits per heavy atom. The highest BCUT2D eigenvalue weighted by atomic mass is 16.4. The van der Waals surface area contributed by atoms with Crippen LogP contribution in [0.2, 0.25) is 0 Å². The van der Waals surface area contributed by atoms with E-state index in [0.29, 0.717) is 0 Å². The van der Waals surface area contributed by atoms with Crippen LogP contribution in [0.15, 0.2) is 16.9 Å². The Balaban J connectivity index is 2.75. The standard InChI is InChI=1S/C9H11N3O4/c1-2-5(9(15)16)10-8(14)6-3-4-7(13)12-11-6/h3-5H,2H2,1H3,(H,10,14)(H,12,13)(H,15,16). The van der Waals surface area contributed by atoms with E-state index < -0.39 is 23.5 Å². The van der Waals surface area contributed by atoms with E-state index in [1.165, 1.54) is 6.07 Å². The number of hydrogen-bond donors (Lipinski definition) is 3. The Morgan fingerprint density at radius 3 is 2.69 bits per heavy atom. The summed E-state index contributed by atoms with van der Waals surface area (Å²) in [4.78, 5) is 32.8. The molecule has 7 heteroatoms. The first kappa shape index (κ1) is 11.9. The monoisotopic (exact) mass is 225 g/mol. The second-order valence-electron chi connectivity index (χ2n) is 3.08. The maximum atomic E-state index is 11.5. The quantitative estimate of drug-likeness (QED) is 0.631. The number of rotatable bonds is 4. The fraction of sp³-hybridized carbons (Fsp3) is 0.333. The van der Waals surface area contributed by atoms with Crippen LogP contribution >= 0.6 is 0 Å². The smallest absolute Gasteiger partial charge is 0.326 e.